The number of amides is 1. The van der Waals surface area contributed by atoms with Crippen LogP contribution in [0.3, 0.4) is 0 Å². The van der Waals surface area contributed by atoms with E-state index in [-0.39, 0.29) is 30.2 Å². The lowest BCUT2D eigenvalue weighted by Crippen LogP contribution is -2.24. The minimum absolute atomic E-state index is 0.0162. The minimum atomic E-state index is -0.386. The lowest BCUT2D eigenvalue weighted by Gasteiger charge is -2.15. The summed E-state index contributed by atoms with van der Waals surface area (Å²) in [4.78, 5) is 18.5. The summed E-state index contributed by atoms with van der Waals surface area (Å²) in [5, 5.41) is 4.06. The molecular weight excluding hydrogens is 389 g/mol. The number of rotatable bonds is 6. The smallest absolute Gasteiger partial charge is 0.232 e. The van der Waals surface area contributed by atoms with Crippen LogP contribution < -0.4 is 14.4 Å². The van der Waals surface area contributed by atoms with Gasteiger partial charge in [-0.2, -0.15) is 4.98 Å². The van der Waals surface area contributed by atoms with Crippen molar-refractivity contribution >= 4 is 11.6 Å². The van der Waals surface area contributed by atoms with Gasteiger partial charge < -0.3 is 18.9 Å². The van der Waals surface area contributed by atoms with Crippen molar-refractivity contribution in [3.05, 3.63) is 54.2 Å². The molecule has 1 aliphatic heterocycles. The number of anilines is 1. The predicted molar refractivity (Wildman–Crippen MR) is 108 cm³/mol. The highest BCUT2D eigenvalue weighted by Crippen LogP contribution is 2.35. The zero-order valence-electron chi connectivity index (χ0n) is 17.0. The lowest BCUT2D eigenvalue weighted by atomic mass is 10.1. The molecule has 2 heterocycles. The molecule has 8 heteroatoms. The number of hydrogen-bond donors (Lipinski definition) is 0. The lowest BCUT2D eigenvalue weighted by molar-refractivity contribution is -0.117. The molecule has 4 rings (SSSR count). The highest BCUT2D eigenvalue weighted by atomic mass is 19.1. The molecule has 30 heavy (non-hydrogen) atoms. The Bertz CT molecular complexity index is 1070. The van der Waals surface area contributed by atoms with Gasteiger partial charge in [0.25, 0.3) is 0 Å². The maximum atomic E-state index is 13.5. The topological polar surface area (TPSA) is 77.7 Å². The highest BCUT2D eigenvalue weighted by Gasteiger charge is 2.35. The van der Waals surface area contributed by atoms with Crippen molar-refractivity contribution in [2.75, 3.05) is 18.6 Å². The normalized spacial score (nSPS) is 16.4. The number of halogens is 1. The summed E-state index contributed by atoms with van der Waals surface area (Å²) < 4.78 is 30.1. The second-order valence-electron chi connectivity index (χ2n) is 7.37. The van der Waals surface area contributed by atoms with Crippen molar-refractivity contribution in [2.24, 2.45) is 0 Å². The van der Waals surface area contributed by atoms with Gasteiger partial charge in [0.1, 0.15) is 5.82 Å². The van der Waals surface area contributed by atoms with Gasteiger partial charge in [0.15, 0.2) is 11.5 Å². The monoisotopic (exact) mass is 411 g/mol. The first-order chi connectivity index (χ1) is 14.4. The molecule has 1 atom stereocenters. The van der Waals surface area contributed by atoms with Crippen molar-refractivity contribution in [1.82, 2.24) is 10.1 Å². The maximum Gasteiger partial charge on any atom is 0.232 e. The molecule has 0 N–H and O–H groups in total. The molecule has 1 amide bonds. The average molecular weight is 411 g/mol. The molecule has 1 fully saturated rings. The first kappa shape index (κ1) is 19.9. The Morgan fingerprint density at radius 2 is 2.03 bits per heavy atom. The summed E-state index contributed by atoms with van der Waals surface area (Å²) in [6, 6.07) is 11.4. The number of carbonyl (C=O) groups is 1. The van der Waals surface area contributed by atoms with Crippen LogP contribution in [0.1, 0.15) is 32.1 Å². The zero-order chi connectivity index (χ0) is 21.3. The third-order valence-electron chi connectivity index (χ3n) is 4.82. The van der Waals surface area contributed by atoms with Crippen LogP contribution in [0.15, 0.2) is 47.0 Å². The first-order valence-corrected chi connectivity index (χ1v) is 9.69. The molecule has 1 aromatic heterocycles. The van der Waals surface area contributed by atoms with Gasteiger partial charge >= 0.3 is 0 Å². The summed E-state index contributed by atoms with van der Waals surface area (Å²) in [5.41, 5.74) is 1.23. The number of methoxy groups -OCH3 is 1. The molecule has 7 nitrogen and oxygen atoms in total. The average Bonchev–Trinajstić information content (AvgIpc) is 3.35. The Morgan fingerprint density at radius 3 is 2.77 bits per heavy atom. The van der Waals surface area contributed by atoms with E-state index in [1.165, 1.54) is 12.1 Å². The van der Waals surface area contributed by atoms with Gasteiger partial charge in [0.05, 0.1) is 19.1 Å². The van der Waals surface area contributed by atoms with Crippen LogP contribution >= 0.6 is 0 Å². The van der Waals surface area contributed by atoms with Crippen molar-refractivity contribution in [3.8, 4) is 22.9 Å². The molecule has 0 saturated carbocycles. The fourth-order valence-corrected chi connectivity index (χ4v) is 3.44. The molecule has 1 aliphatic rings. The largest absolute Gasteiger partial charge is 0.493 e. The van der Waals surface area contributed by atoms with Gasteiger partial charge in [-0.05, 0) is 50.2 Å². The van der Waals surface area contributed by atoms with E-state index in [0.29, 0.717) is 41.0 Å². The summed E-state index contributed by atoms with van der Waals surface area (Å²) >= 11 is 0. The number of nitrogens with zero attached hydrogens (tertiary/aromatic N) is 3. The molecule has 2 aromatic carbocycles. The first-order valence-electron chi connectivity index (χ1n) is 9.69. The van der Waals surface area contributed by atoms with Crippen molar-refractivity contribution in [3.63, 3.8) is 0 Å². The van der Waals surface area contributed by atoms with E-state index in [0.717, 1.165) is 0 Å². The number of hydrogen-bond acceptors (Lipinski definition) is 6. The molecule has 0 spiro atoms. The van der Waals surface area contributed by atoms with Crippen LogP contribution in [-0.4, -0.2) is 35.8 Å². The summed E-state index contributed by atoms with van der Waals surface area (Å²) in [6.07, 6.45) is 0.241. The van der Waals surface area contributed by atoms with Gasteiger partial charge in [-0.25, -0.2) is 4.39 Å². The van der Waals surface area contributed by atoms with E-state index >= 15 is 0 Å². The molecule has 0 radical (unpaired) electrons. The van der Waals surface area contributed by atoms with E-state index in [2.05, 4.69) is 10.1 Å². The number of ether oxygens (including phenoxy) is 2. The Labute approximate surface area is 173 Å². The third kappa shape index (κ3) is 3.98. The number of benzene rings is 2. The molecule has 3 aromatic rings. The second-order valence-corrected chi connectivity index (χ2v) is 7.37. The summed E-state index contributed by atoms with van der Waals surface area (Å²) in [5.74, 6) is 1.22. The van der Waals surface area contributed by atoms with Gasteiger partial charge in [-0.1, -0.05) is 11.2 Å². The van der Waals surface area contributed by atoms with Gasteiger partial charge in [-0.15, -0.1) is 0 Å². The van der Waals surface area contributed by atoms with Crippen LogP contribution in [0, 0.1) is 5.82 Å². The van der Waals surface area contributed by atoms with Gasteiger partial charge in [0, 0.05) is 24.2 Å². The SMILES string of the molecule is COc1cc(-c2noc(C3CC(=O)N(c4cccc(F)c4)C3)n2)ccc1OC(C)C. The second kappa shape index (κ2) is 8.14. The van der Waals surface area contributed by atoms with E-state index < -0.39 is 0 Å². The summed E-state index contributed by atoms with van der Waals surface area (Å²) in [7, 11) is 1.57. The molecule has 156 valence electrons. The Hall–Kier alpha value is -3.42. The number of aromatic nitrogens is 2. The third-order valence-corrected chi connectivity index (χ3v) is 4.82. The maximum absolute atomic E-state index is 13.5. The molecule has 0 aliphatic carbocycles. The van der Waals surface area contributed by atoms with E-state index in [1.807, 2.05) is 19.9 Å². The van der Waals surface area contributed by atoms with E-state index in [1.54, 1.807) is 36.3 Å². The van der Waals surface area contributed by atoms with Crippen LogP contribution in [0.25, 0.3) is 11.4 Å². The van der Waals surface area contributed by atoms with Crippen LogP contribution in [-0.2, 0) is 4.79 Å². The molecule has 1 unspecified atom stereocenters. The van der Waals surface area contributed by atoms with Crippen molar-refractivity contribution in [1.29, 1.82) is 0 Å². The van der Waals surface area contributed by atoms with Crippen molar-refractivity contribution in [2.45, 2.75) is 32.3 Å². The van der Waals surface area contributed by atoms with E-state index in [9.17, 15) is 9.18 Å². The standard InChI is InChI=1S/C22H22FN3O4/c1-13(2)29-18-8-7-14(9-19(18)28-3)21-24-22(30-25-21)15-10-20(27)26(12-15)17-6-4-5-16(23)11-17/h4-9,11,13,15H,10,12H2,1-3H3. The zero-order valence-corrected chi connectivity index (χ0v) is 17.0. The van der Waals surface area contributed by atoms with Gasteiger partial charge in [-0.3, -0.25) is 4.79 Å². The fraction of sp³-hybridized carbons (Fsp3) is 0.318. The van der Waals surface area contributed by atoms with Crippen LogP contribution in [0.4, 0.5) is 10.1 Å². The minimum Gasteiger partial charge on any atom is -0.493 e. The molecule has 1 saturated heterocycles. The Kier molecular flexibility index (Phi) is 5.39. The molecular formula is C22H22FN3O4. The Balaban J connectivity index is 1.54. The van der Waals surface area contributed by atoms with E-state index in [4.69, 9.17) is 14.0 Å². The van der Waals surface area contributed by atoms with Crippen LogP contribution in [0.2, 0.25) is 0 Å². The quantitative estimate of drug-likeness (QED) is 0.605. The summed E-state index contributed by atoms with van der Waals surface area (Å²) in [6.45, 7) is 4.23. The predicted octanol–water partition coefficient (Wildman–Crippen LogP) is 4.19. The molecule has 0 bridgehead atoms. The van der Waals surface area contributed by atoms with Crippen LogP contribution in [0.5, 0.6) is 11.5 Å². The van der Waals surface area contributed by atoms with Crippen molar-refractivity contribution < 1.29 is 23.2 Å². The van der Waals surface area contributed by atoms with Gasteiger partial charge in [0.2, 0.25) is 17.6 Å². The Morgan fingerprint density at radius 1 is 1.20 bits per heavy atom. The fourth-order valence-electron chi connectivity index (χ4n) is 3.44. The number of carbonyl (C=O) groups excluding carboxylic acids is 1. The highest BCUT2D eigenvalue weighted by molar-refractivity contribution is 5.96.